The number of rotatable bonds is 10. The third kappa shape index (κ3) is 5.34. The van der Waals surface area contributed by atoms with Crippen molar-refractivity contribution in [2.45, 2.75) is 20.3 Å². The van der Waals surface area contributed by atoms with Gasteiger partial charge in [-0.1, -0.05) is 18.2 Å². The first kappa shape index (κ1) is 23.2. The van der Waals surface area contributed by atoms with Gasteiger partial charge in [-0.25, -0.2) is 0 Å². The van der Waals surface area contributed by atoms with Crippen LogP contribution in [0.5, 0.6) is 34.5 Å². The van der Waals surface area contributed by atoms with E-state index in [4.69, 9.17) is 23.7 Å². The molecule has 4 rings (SSSR count). The largest absolute Gasteiger partial charge is 0.493 e. The van der Waals surface area contributed by atoms with E-state index in [1.807, 2.05) is 48.5 Å². The van der Waals surface area contributed by atoms with Gasteiger partial charge in [0, 0.05) is 24.1 Å². The quantitative estimate of drug-likeness (QED) is 0.252. The highest BCUT2D eigenvalue weighted by atomic mass is 16.5. The second-order valence-corrected chi connectivity index (χ2v) is 7.88. The normalized spacial score (nSPS) is 10.7. The molecule has 0 radical (unpaired) electrons. The summed E-state index contributed by atoms with van der Waals surface area (Å²) >= 11 is 0. The van der Waals surface area contributed by atoms with Crippen molar-refractivity contribution < 1.29 is 23.7 Å². The first-order valence-corrected chi connectivity index (χ1v) is 11.2. The molecule has 0 aliphatic rings. The van der Waals surface area contributed by atoms with Gasteiger partial charge in [-0.2, -0.15) is 0 Å². The summed E-state index contributed by atoms with van der Waals surface area (Å²) in [4.78, 5) is 4.41. The van der Waals surface area contributed by atoms with E-state index in [-0.39, 0.29) is 0 Å². The second kappa shape index (κ2) is 10.8. The Balaban J connectivity index is 1.34. The number of benzene rings is 3. The highest BCUT2D eigenvalue weighted by Crippen LogP contribution is 2.37. The van der Waals surface area contributed by atoms with E-state index >= 15 is 0 Å². The first-order chi connectivity index (χ1) is 16.6. The lowest BCUT2D eigenvalue weighted by atomic mass is 10.1. The number of hydrogen-bond donors (Lipinski definition) is 0. The summed E-state index contributed by atoms with van der Waals surface area (Å²) in [6.45, 7) is 5.30. The topological polar surface area (TPSA) is 59.0 Å². The number of nitrogens with zero attached hydrogens (tertiary/aromatic N) is 1. The Bertz CT molecular complexity index is 1230. The Hall–Kier alpha value is -3.93. The van der Waals surface area contributed by atoms with Crippen molar-refractivity contribution in [3.05, 3.63) is 78.0 Å². The molecule has 0 amide bonds. The van der Waals surface area contributed by atoms with E-state index in [0.717, 1.165) is 39.9 Å². The van der Waals surface area contributed by atoms with Crippen molar-refractivity contribution >= 4 is 10.9 Å². The zero-order chi connectivity index (χ0) is 23.9. The molecule has 6 nitrogen and oxygen atoms in total. The average molecular weight is 460 g/mol. The van der Waals surface area contributed by atoms with Crippen LogP contribution in [-0.4, -0.2) is 32.4 Å². The molecule has 0 aliphatic heterocycles. The fourth-order valence-corrected chi connectivity index (χ4v) is 3.72. The molecule has 1 aromatic heterocycles. The van der Waals surface area contributed by atoms with Crippen molar-refractivity contribution in [3.8, 4) is 34.5 Å². The Labute approximate surface area is 200 Å². The molecule has 176 valence electrons. The van der Waals surface area contributed by atoms with Crippen molar-refractivity contribution in [3.63, 3.8) is 0 Å². The summed E-state index contributed by atoms with van der Waals surface area (Å²) in [7, 11) is 3.21. The third-order valence-corrected chi connectivity index (χ3v) is 5.47. The standard InChI is InChI=1S/C28H29NO5/c1-19-7-5-8-20(2)28(19)33-16-6-15-32-21-9-11-22(12-10-21)34-25-13-14-29-24-18-27(31-4)26(30-3)17-23(24)25/h5,7-14,17-18H,6,15-16H2,1-4H3. The van der Waals surface area contributed by atoms with E-state index in [2.05, 4.69) is 31.0 Å². The minimum Gasteiger partial charge on any atom is -0.493 e. The van der Waals surface area contributed by atoms with Crippen LogP contribution in [0.2, 0.25) is 0 Å². The zero-order valence-electron chi connectivity index (χ0n) is 20.0. The Kier molecular flexibility index (Phi) is 7.38. The Morgan fingerprint density at radius 2 is 1.35 bits per heavy atom. The van der Waals surface area contributed by atoms with Crippen molar-refractivity contribution in [1.29, 1.82) is 0 Å². The molecule has 1 heterocycles. The van der Waals surface area contributed by atoms with Crippen LogP contribution in [-0.2, 0) is 0 Å². The predicted octanol–water partition coefficient (Wildman–Crippen LogP) is 6.51. The lowest BCUT2D eigenvalue weighted by molar-refractivity contribution is 0.245. The maximum atomic E-state index is 6.12. The van der Waals surface area contributed by atoms with Gasteiger partial charge in [-0.05, 0) is 61.4 Å². The van der Waals surface area contributed by atoms with Crippen molar-refractivity contribution in [1.82, 2.24) is 4.98 Å². The van der Waals surface area contributed by atoms with E-state index in [9.17, 15) is 0 Å². The zero-order valence-corrected chi connectivity index (χ0v) is 20.0. The number of methoxy groups -OCH3 is 2. The van der Waals surface area contributed by atoms with Gasteiger partial charge >= 0.3 is 0 Å². The molecule has 0 saturated heterocycles. The van der Waals surface area contributed by atoms with Crippen LogP contribution < -0.4 is 23.7 Å². The molecule has 0 saturated carbocycles. The smallest absolute Gasteiger partial charge is 0.162 e. The molecule has 0 unspecified atom stereocenters. The number of ether oxygens (including phenoxy) is 5. The number of fused-ring (bicyclic) bond motifs is 1. The van der Waals surface area contributed by atoms with E-state index < -0.39 is 0 Å². The van der Waals surface area contributed by atoms with Gasteiger partial charge < -0.3 is 23.7 Å². The molecule has 6 heteroatoms. The molecule has 0 bridgehead atoms. The monoisotopic (exact) mass is 459 g/mol. The number of hydrogen-bond acceptors (Lipinski definition) is 6. The number of aryl methyl sites for hydroxylation is 2. The molecule has 0 spiro atoms. The SMILES string of the molecule is COc1cc2nccc(Oc3ccc(OCCCOc4c(C)cccc4C)cc3)c2cc1OC. The molecular formula is C28H29NO5. The maximum Gasteiger partial charge on any atom is 0.162 e. The fourth-order valence-electron chi connectivity index (χ4n) is 3.72. The Morgan fingerprint density at radius 3 is 2.06 bits per heavy atom. The lowest BCUT2D eigenvalue weighted by Gasteiger charge is -2.13. The molecular weight excluding hydrogens is 430 g/mol. The first-order valence-electron chi connectivity index (χ1n) is 11.2. The lowest BCUT2D eigenvalue weighted by Crippen LogP contribution is -2.06. The number of aromatic nitrogens is 1. The van der Waals surface area contributed by atoms with Crippen LogP contribution in [0.25, 0.3) is 10.9 Å². The summed E-state index contributed by atoms with van der Waals surface area (Å²) in [6, 6.07) is 19.3. The average Bonchev–Trinajstić information content (AvgIpc) is 2.85. The van der Waals surface area contributed by atoms with Gasteiger partial charge in [-0.15, -0.1) is 0 Å². The van der Waals surface area contributed by atoms with Crippen LogP contribution >= 0.6 is 0 Å². The molecule has 3 aromatic carbocycles. The summed E-state index contributed by atoms with van der Waals surface area (Å²) in [5, 5.41) is 0.837. The van der Waals surface area contributed by atoms with Crippen LogP contribution in [0.3, 0.4) is 0 Å². The number of pyridine rings is 1. The van der Waals surface area contributed by atoms with Crippen LogP contribution in [0.4, 0.5) is 0 Å². The predicted molar refractivity (Wildman–Crippen MR) is 133 cm³/mol. The van der Waals surface area contributed by atoms with Gasteiger partial charge in [0.15, 0.2) is 11.5 Å². The molecule has 0 N–H and O–H groups in total. The highest BCUT2D eigenvalue weighted by molar-refractivity contribution is 5.88. The minimum absolute atomic E-state index is 0.571. The van der Waals surface area contributed by atoms with Gasteiger partial charge in [0.1, 0.15) is 23.0 Å². The maximum absolute atomic E-state index is 6.12. The van der Waals surface area contributed by atoms with Crippen LogP contribution in [0, 0.1) is 13.8 Å². The number of para-hydroxylation sites is 1. The van der Waals surface area contributed by atoms with Crippen molar-refractivity contribution in [2.24, 2.45) is 0 Å². The molecule has 0 atom stereocenters. The highest BCUT2D eigenvalue weighted by Gasteiger charge is 2.11. The Morgan fingerprint density at radius 1 is 0.706 bits per heavy atom. The second-order valence-electron chi connectivity index (χ2n) is 7.88. The van der Waals surface area contributed by atoms with Gasteiger partial charge in [-0.3, -0.25) is 4.98 Å². The van der Waals surface area contributed by atoms with Crippen LogP contribution in [0.15, 0.2) is 66.9 Å². The minimum atomic E-state index is 0.571. The molecule has 4 aromatic rings. The summed E-state index contributed by atoms with van der Waals surface area (Å²) in [5.41, 5.74) is 3.06. The van der Waals surface area contributed by atoms with Crippen molar-refractivity contribution in [2.75, 3.05) is 27.4 Å². The van der Waals surface area contributed by atoms with Gasteiger partial charge in [0.25, 0.3) is 0 Å². The van der Waals surface area contributed by atoms with E-state index in [1.54, 1.807) is 20.4 Å². The third-order valence-electron chi connectivity index (χ3n) is 5.47. The molecule has 34 heavy (non-hydrogen) atoms. The fraction of sp³-hybridized carbons (Fsp3) is 0.250. The van der Waals surface area contributed by atoms with Gasteiger partial charge in [0.2, 0.25) is 0 Å². The van der Waals surface area contributed by atoms with E-state index in [1.165, 1.54) is 0 Å². The molecule has 0 aliphatic carbocycles. The molecule has 0 fully saturated rings. The van der Waals surface area contributed by atoms with Gasteiger partial charge in [0.05, 0.1) is 33.0 Å². The summed E-state index contributed by atoms with van der Waals surface area (Å²) in [6.07, 6.45) is 2.50. The summed E-state index contributed by atoms with van der Waals surface area (Å²) < 4.78 is 28.7. The van der Waals surface area contributed by atoms with Crippen LogP contribution in [0.1, 0.15) is 17.5 Å². The van der Waals surface area contributed by atoms with E-state index in [0.29, 0.717) is 36.2 Å². The summed E-state index contributed by atoms with van der Waals surface area (Å²) in [5.74, 6) is 4.38.